The summed E-state index contributed by atoms with van der Waals surface area (Å²) < 4.78 is 5.80. The second kappa shape index (κ2) is 6.02. The largest absolute Gasteiger partial charge is 0.457 e. The van der Waals surface area contributed by atoms with Crippen molar-refractivity contribution in [2.75, 3.05) is 29.5 Å². The van der Waals surface area contributed by atoms with Crippen LogP contribution in [0.5, 0.6) is 11.5 Å². The number of thioether (sulfide) groups is 1. The van der Waals surface area contributed by atoms with E-state index in [2.05, 4.69) is 17.0 Å². The van der Waals surface area contributed by atoms with Crippen LogP contribution in [0.1, 0.15) is 0 Å². The molecule has 98 valence electrons. The molecule has 0 N–H and O–H groups in total. The summed E-state index contributed by atoms with van der Waals surface area (Å²) in [7, 11) is 0. The predicted octanol–water partition coefficient (Wildman–Crippen LogP) is 4.03. The lowest BCUT2D eigenvalue weighted by atomic mass is 10.2. The molecule has 0 spiro atoms. The lowest BCUT2D eigenvalue weighted by Gasteiger charge is -2.28. The van der Waals surface area contributed by atoms with Gasteiger partial charge in [-0.2, -0.15) is 11.8 Å². The molecule has 0 atom stereocenters. The van der Waals surface area contributed by atoms with Gasteiger partial charge in [-0.15, -0.1) is 0 Å². The van der Waals surface area contributed by atoms with Gasteiger partial charge in [0.1, 0.15) is 11.5 Å². The van der Waals surface area contributed by atoms with Crippen LogP contribution in [-0.2, 0) is 0 Å². The molecule has 1 aliphatic heterocycles. The Hall–Kier alpha value is -1.61. The first kappa shape index (κ1) is 12.4. The Labute approximate surface area is 118 Å². The van der Waals surface area contributed by atoms with Crippen LogP contribution in [0.3, 0.4) is 0 Å². The molecule has 0 bridgehead atoms. The standard InChI is InChI=1S/C16H17NOS/c1-2-4-15(5-3-1)18-16-8-6-14(7-9-16)17-10-12-19-13-11-17/h1-9H,10-13H2. The molecule has 3 heteroatoms. The molecule has 1 fully saturated rings. The molecule has 0 aromatic heterocycles. The Morgan fingerprint density at radius 3 is 2.11 bits per heavy atom. The van der Waals surface area contributed by atoms with E-state index in [9.17, 15) is 0 Å². The van der Waals surface area contributed by atoms with E-state index in [0.29, 0.717) is 0 Å². The Balaban J connectivity index is 1.68. The van der Waals surface area contributed by atoms with Crippen molar-refractivity contribution in [1.82, 2.24) is 0 Å². The maximum Gasteiger partial charge on any atom is 0.127 e. The minimum absolute atomic E-state index is 0.879. The van der Waals surface area contributed by atoms with Crippen LogP contribution in [0.4, 0.5) is 5.69 Å². The molecule has 0 unspecified atom stereocenters. The molecule has 2 aromatic rings. The first-order valence-corrected chi connectivity index (χ1v) is 7.73. The van der Waals surface area contributed by atoms with Crippen LogP contribution in [0.25, 0.3) is 0 Å². The van der Waals surface area contributed by atoms with Crippen molar-refractivity contribution < 1.29 is 4.74 Å². The van der Waals surface area contributed by atoms with Gasteiger partial charge in [0.25, 0.3) is 0 Å². The average Bonchev–Trinajstić information content (AvgIpc) is 2.50. The van der Waals surface area contributed by atoms with Crippen molar-refractivity contribution in [3.8, 4) is 11.5 Å². The minimum atomic E-state index is 0.879. The summed E-state index contributed by atoms with van der Waals surface area (Å²) in [5, 5.41) is 0. The minimum Gasteiger partial charge on any atom is -0.457 e. The lowest BCUT2D eigenvalue weighted by Crippen LogP contribution is -2.32. The molecule has 0 radical (unpaired) electrons. The summed E-state index contributed by atoms with van der Waals surface area (Å²) in [6, 6.07) is 18.3. The second-order valence-electron chi connectivity index (χ2n) is 4.51. The number of benzene rings is 2. The molecule has 2 aromatic carbocycles. The van der Waals surface area contributed by atoms with Gasteiger partial charge in [-0.1, -0.05) is 18.2 Å². The van der Waals surface area contributed by atoms with Crippen LogP contribution < -0.4 is 9.64 Å². The van der Waals surface area contributed by atoms with Crippen molar-refractivity contribution in [2.45, 2.75) is 0 Å². The van der Waals surface area contributed by atoms with Gasteiger partial charge in [-0.25, -0.2) is 0 Å². The predicted molar refractivity (Wildman–Crippen MR) is 82.5 cm³/mol. The Bertz CT molecular complexity index is 506. The molecule has 1 heterocycles. The molecule has 0 saturated carbocycles. The quantitative estimate of drug-likeness (QED) is 0.836. The van der Waals surface area contributed by atoms with E-state index in [1.54, 1.807) is 0 Å². The fraction of sp³-hybridized carbons (Fsp3) is 0.250. The smallest absolute Gasteiger partial charge is 0.127 e. The molecule has 0 amide bonds. The number of hydrogen-bond acceptors (Lipinski definition) is 3. The highest BCUT2D eigenvalue weighted by Crippen LogP contribution is 2.25. The Morgan fingerprint density at radius 2 is 1.42 bits per heavy atom. The summed E-state index contributed by atoms with van der Waals surface area (Å²) >= 11 is 2.03. The molecule has 0 aliphatic carbocycles. The van der Waals surface area contributed by atoms with Gasteiger partial charge < -0.3 is 9.64 Å². The number of ether oxygens (including phenoxy) is 1. The van der Waals surface area contributed by atoms with Gasteiger partial charge in [0.15, 0.2) is 0 Å². The van der Waals surface area contributed by atoms with Gasteiger partial charge in [0.05, 0.1) is 0 Å². The zero-order valence-corrected chi connectivity index (χ0v) is 11.6. The summed E-state index contributed by atoms with van der Waals surface area (Å²) in [5.41, 5.74) is 1.29. The van der Waals surface area contributed by atoms with Crippen LogP contribution in [0.15, 0.2) is 54.6 Å². The third-order valence-corrected chi connectivity index (χ3v) is 4.13. The summed E-state index contributed by atoms with van der Waals surface area (Å²) in [6.07, 6.45) is 0. The summed E-state index contributed by atoms with van der Waals surface area (Å²) in [4.78, 5) is 2.43. The fourth-order valence-corrected chi connectivity index (χ4v) is 3.07. The van der Waals surface area contributed by atoms with E-state index in [0.717, 1.165) is 24.6 Å². The average molecular weight is 271 g/mol. The van der Waals surface area contributed by atoms with E-state index >= 15 is 0 Å². The molecule has 3 rings (SSSR count). The monoisotopic (exact) mass is 271 g/mol. The van der Waals surface area contributed by atoms with E-state index in [4.69, 9.17) is 4.74 Å². The van der Waals surface area contributed by atoms with Gasteiger partial charge >= 0.3 is 0 Å². The zero-order valence-electron chi connectivity index (χ0n) is 10.8. The maximum absolute atomic E-state index is 5.80. The van der Waals surface area contributed by atoms with E-state index in [1.807, 2.05) is 54.2 Å². The van der Waals surface area contributed by atoms with Crippen molar-refractivity contribution >= 4 is 17.4 Å². The third kappa shape index (κ3) is 3.24. The second-order valence-corrected chi connectivity index (χ2v) is 5.73. The van der Waals surface area contributed by atoms with Crippen LogP contribution >= 0.6 is 11.8 Å². The van der Waals surface area contributed by atoms with Crippen molar-refractivity contribution in [3.63, 3.8) is 0 Å². The summed E-state index contributed by atoms with van der Waals surface area (Å²) in [6.45, 7) is 2.28. The van der Waals surface area contributed by atoms with E-state index in [1.165, 1.54) is 17.2 Å². The van der Waals surface area contributed by atoms with Crippen LogP contribution in [-0.4, -0.2) is 24.6 Å². The Kier molecular flexibility index (Phi) is 3.94. The van der Waals surface area contributed by atoms with Gasteiger partial charge in [0, 0.05) is 30.3 Å². The van der Waals surface area contributed by atoms with Gasteiger partial charge in [-0.3, -0.25) is 0 Å². The third-order valence-electron chi connectivity index (χ3n) is 3.19. The highest BCUT2D eigenvalue weighted by Gasteiger charge is 2.10. The van der Waals surface area contributed by atoms with Crippen molar-refractivity contribution in [2.24, 2.45) is 0 Å². The number of para-hydroxylation sites is 1. The Morgan fingerprint density at radius 1 is 0.789 bits per heavy atom. The van der Waals surface area contributed by atoms with Gasteiger partial charge in [0.2, 0.25) is 0 Å². The van der Waals surface area contributed by atoms with Crippen LogP contribution in [0, 0.1) is 0 Å². The molecule has 1 aliphatic rings. The molecule has 2 nitrogen and oxygen atoms in total. The normalized spacial score (nSPS) is 15.3. The number of nitrogens with zero attached hydrogens (tertiary/aromatic N) is 1. The first-order valence-electron chi connectivity index (χ1n) is 6.57. The summed E-state index contributed by atoms with van der Waals surface area (Å²) in [5.74, 6) is 4.22. The van der Waals surface area contributed by atoms with Gasteiger partial charge in [-0.05, 0) is 36.4 Å². The first-order chi connectivity index (χ1) is 9.42. The fourth-order valence-electron chi connectivity index (χ4n) is 2.17. The highest BCUT2D eigenvalue weighted by atomic mass is 32.2. The molecular formula is C16H17NOS. The van der Waals surface area contributed by atoms with Crippen molar-refractivity contribution in [1.29, 1.82) is 0 Å². The number of rotatable bonds is 3. The number of anilines is 1. The van der Waals surface area contributed by atoms with E-state index < -0.39 is 0 Å². The zero-order chi connectivity index (χ0) is 12.9. The highest BCUT2D eigenvalue weighted by molar-refractivity contribution is 7.99. The van der Waals surface area contributed by atoms with E-state index in [-0.39, 0.29) is 0 Å². The SMILES string of the molecule is c1ccc(Oc2ccc(N3CCSCC3)cc2)cc1. The molecule has 19 heavy (non-hydrogen) atoms. The van der Waals surface area contributed by atoms with Crippen LogP contribution in [0.2, 0.25) is 0 Å². The number of hydrogen-bond donors (Lipinski definition) is 0. The molecule has 1 saturated heterocycles. The molecular weight excluding hydrogens is 254 g/mol. The lowest BCUT2D eigenvalue weighted by molar-refractivity contribution is 0.482. The topological polar surface area (TPSA) is 12.5 Å². The maximum atomic E-state index is 5.80. The van der Waals surface area contributed by atoms with Crippen molar-refractivity contribution in [3.05, 3.63) is 54.6 Å².